The topological polar surface area (TPSA) is 54.0 Å². The zero-order chi connectivity index (χ0) is 10.1. The highest BCUT2D eigenvalue weighted by molar-refractivity contribution is 7.98. The lowest BCUT2D eigenvalue weighted by Gasteiger charge is -2.01. The maximum absolute atomic E-state index is 8.75. The van der Waals surface area contributed by atoms with Crippen molar-refractivity contribution < 1.29 is 0 Å². The first kappa shape index (κ1) is 9.09. The van der Waals surface area contributed by atoms with Crippen LogP contribution in [-0.4, -0.2) is 28.5 Å². The fraction of sp³-hybridized carbons (Fsp3) is 0.125. The number of nitrogens with zero attached hydrogens (tertiary/aromatic N) is 4. The Kier molecular flexibility index (Phi) is 2.18. The van der Waals surface area contributed by atoms with Gasteiger partial charge in [0.2, 0.25) is 0 Å². The molecule has 0 aliphatic carbocycles. The van der Waals surface area contributed by atoms with E-state index < -0.39 is 0 Å². The van der Waals surface area contributed by atoms with Gasteiger partial charge < -0.3 is 4.40 Å². The molecule has 2 heterocycles. The molecule has 4 nitrogen and oxygen atoms in total. The van der Waals surface area contributed by atoms with Crippen LogP contribution >= 0.6 is 11.8 Å². The van der Waals surface area contributed by atoms with Crippen molar-refractivity contribution in [1.29, 1.82) is 5.26 Å². The second kappa shape index (κ2) is 3.35. The lowest BCUT2D eigenvalue weighted by molar-refractivity contribution is 1.02. The summed E-state index contributed by atoms with van der Waals surface area (Å²) in [4.78, 5) is 8.22. The number of rotatable bonds is 1. The van der Waals surface area contributed by atoms with Gasteiger partial charge in [0.05, 0.1) is 0 Å². The van der Waals surface area contributed by atoms with Gasteiger partial charge in [-0.15, -0.1) is 11.8 Å². The summed E-state index contributed by atoms with van der Waals surface area (Å²) in [6.45, 7) is 0. The van der Waals surface area contributed by atoms with Crippen LogP contribution in [0.5, 0.6) is 0 Å². The Labute approximate surface area is 86.4 Å². The number of imidazole rings is 1. The van der Waals surface area contributed by atoms with Crippen LogP contribution in [0.15, 0.2) is 17.4 Å². The van der Waals surface area contributed by atoms with Crippen molar-refractivity contribution >= 4 is 30.8 Å². The Bertz CT molecular complexity index is 528. The SMILES string of the molecule is [B]c1cnc2c(SC)nc(C#N)cn12. The molecule has 0 amide bonds. The minimum Gasteiger partial charge on any atom is -0.310 e. The van der Waals surface area contributed by atoms with Gasteiger partial charge in [-0.05, 0) is 11.8 Å². The standard InChI is InChI=1S/C8H5BN4S/c1-14-8-7-11-3-6(9)13(7)4-5(2-10)12-8/h3-4H,1H3. The molecule has 2 radical (unpaired) electrons. The number of aromatic nitrogens is 3. The van der Waals surface area contributed by atoms with E-state index in [2.05, 4.69) is 9.97 Å². The molecule has 2 aromatic rings. The van der Waals surface area contributed by atoms with Gasteiger partial charge in [0, 0.05) is 12.4 Å². The smallest absolute Gasteiger partial charge is 0.169 e. The molecule has 0 saturated heterocycles. The summed E-state index contributed by atoms with van der Waals surface area (Å²) in [5, 5.41) is 9.46. The average molecular weight is 200 g/mol. The Morgan fingerprint density at radius 3 is 3.07 bits per heavy atom. The molecule has 6 heteroatoms. The third-order valence-corrected chi connectivity index (χ3v) is 2.46. The van der Waals surface area contributed by atoms with E-state index in [1.54, 1.807) is 16.8 Å². The Balaban J connectivity index is 2.84. The molecule has 0 atom stereocenters. The van der Waals surface area contributed by atoms with Crippen LogP contribution in [0.2, 0.25) is 0 Å². The fourth-order valence-corrected chi connectivity index (χ4v) is 1.69. The number of nitriles is 1. The highest BCUT2D eigenvalue weighted by Crippen LogP contribution is 2.16. The molecule has 0 saturated carbocycles. The fourth-order valence-electron chi connectivity index (χ4n) is 1.17. The Morgan fingerprint density at radius 2 is 2.43 bits per heavy atom. The summed E-state index contributed by atoms with van der Waals surface area (Å²) < 4.78 is 1.66. The van der Waals surface area contributed by atoms with E-state index in [1.807, 2.05) is 12.3 Å². The maximum Gasteiger partial charge on any atom is 0.169 e. The first-order chi connectivity index (χ1) is 6.76. The molecule has 0 bridgehead atoms. The van der Waals surface area contributed by atoms with Crippen molar-refractivity contribution in [3.63, 3.8) is 0 Å². The largest absolute Gasteiger partial charge is 0.310 e. The molecule has 0 spiro atoms. The lowest BCUT2D eigenvalue weighted by atomic mass is 10.1. The molecule has 0 unspecified atom stereocenters. The van der Waals surface area contributed by atoms with E-state index >= 15 is 0 Å². The van der Waals surface area contributed by atoms with Crippen molar-refractivity contribution in [2.45, 2.75) is 5.03 Å². The van der Waals surface area contributed by atoms with Crippen molar-refractivity contribution in [2.75, 3.05) is 6.26 Å². The van der Waals surface area contributed by atoms with Crippen LogP contribution in [0.4, 0.5) is 0 Å². The normalized spacial score (nSPS) is 10.3. The number of fused-ring (bicyclic) bond motifs is 1. The average Bonchev–Trinajstić information content (AvgIpc) is 2.59. The highest BCUT2D eigenvalue weighted by Gasteiger charge is 2.07. The third kappa shape index (κ3) is 1.26. The van der Waals surface area contributed by atoms with Crippen molar-refractivity contribution in [2.24, 2.45) is 0 Å². The first-order valence-corrected chi connectivity index (χ1v) is 5.06. The molecule has 0 aromatic carbocycles. The van der Waals surface area contributed by atoms with Crippen molar-refractivity contribution in [1.82, 2.24) is 14.4 Å². The van der Waals surface area contributed by atoms with Crippen LogP contribution in [0.1, 0.15) is 5.69 Å². The summed E-state index contributed by atoms with van der Waals surface area (Å²) >= 11 is 1.44. The molecule has 2 rings (SSSR count). The molecule has 14 heavy (non-hydrogen) atoms. The van der Waals surface area contributed by atoms with Crippen LogP contribution in [0.3, 0.4) is 0 Å². The molecule has 0 fully saturated rings. The van der Waals surface area contributed by atoms with E-state index in [-0.39, 0.29) is 0 Å². The molecule has 0 aliphatic heterocycles. The van der Waals surface area contributed by atoms with Gasteiger partial charge in [0.15, 0.2) is 11.3 Å². The van der Waals surface area contributed by atoms with Gasteiger partial charge in [-0.2, -0.15) is 5.26 Å². The molecular formula is C8H5BN4S. The number of hydrogen-bond acceptors (Lipinski definition) is 4. The van der Waals surface area contributed by atoms with Crippen LogP contribution < -0.4 is 5.59 Å². The Hall–Kier alpha value is -1.48. The van der Waals surface area contributed by atoms with Gasteiger partial charge in [0.1, 0.15) is 18.9 Å². The predicted octanol–water partition coefficient (Wildman–Crippen LogP) is 0.117. The Morgan fingerprint density at radius 1 is 1.64 bits per heavy atom. The third-order valence-electron chi connectivity index (χ3n) is 1.80. The molecule has 2 aromatic heterocycles. The summed E-state index contributed by atoms with van der Waals surface area (Å²) in [5.74, 6) is 0. The van der Waals surface area contributed by atoms with Gasteiger partial charge in [-0.1, -0.05) is 0 Å². The van der Waals surface area contributed by atoms with E-state index in [0.717, 1.165) is 0 Å². The van der Waals surface area contributed by atoms with E-state index in [0.29, 0.717) is 22.0 Å². The first-order valence-electron chi connectivity index (χ1n) is 3.84. The summed E-state index contributed by atoms with van der Waals surface area (Å²) in [6, 6.07) is 1.98. The molecule has 66 valence electrons. The minimum absolute atomic E-state index is 0.339. The highest BCUT2D eigenvalue weighted by atomic mass is 32.2. The van der Waals surface area contributed by atoms with Gasteiger partial charge in [-0.3, -0.25) is 0 Å². The minimum atomic E-state index is 0.339. The zero-order valence-corrected chi connectivity index (χ0v) is 8.25. The van der Waals surface area contributed by atoms with Crippen molar-refractivity contribution in [3.8, 4) is 6.07 Å². The van der Waals surface area contributed by atoms with Gasteiger partial charge >= 0.3 is 0 Å². The second-order valence-corrected chi connectivity index (χ2v) is 3.42. The predicted molar refractivity (Wildman–Crippen MR) is 54.9 cm³/mol. The lowest BCUT2D eigenvalue weighted by Crippen LogP contribution is -2.10. The summed E-state index contributed by atoms with van der Waals surface area (Å²) in [7, 11) is 5.68. The monoisotopic (exact) mass is 200 g/mol. The van der Waals surface area contributed by atoms with Crippen molar-refractivity contribution in [3.05, 3.63) is 18.1 Å². The zero-order valence-electron chi connectivity index (χ0n) is 7.43. The number of thioether (sulfide) groups is 1. The maximum atomic E-state index is 8.75. The van der Waals surface area contributed by atoms with E-state index in [4.69, 9.17) is 13.1 Å². The van der Waals surface area contributed by atoms with Gasteiger partial charge in [0.25, 0.3) is 0 Å². The van der Waals surface area contributed by atoms with Crippen LogP contribution in [-0.2, 0) is 0 Å². The number of hydrogen-bond donors (Lipinski definition) is 0. The molecule has 0 aliphatic rings. The van der Waals surface area contributed by atoms with E-state index in [9.17, 15) is 0 Å². The van der Waals surface area contributed by atoms with E-state index in [1.165, 1.54) is 11.8 Å². The van der Waals surface area contributed by atoms with Crippen LogP contribution in [0, 0.1) is 11.3 Å². The summed E-state index contributed by atoms with van der Waals surface area (Å²) in [5.41, 5.74) is 1.54. The second-order valence-electron chi connectivity index (χ2n) is 2.62. The van der Waals surface area contributed by atoms with Crippen LogP contribution in [0.25, 0.3) is 5.65 Å². The quantitative estimate of drug-likeness (QED) is 0.484. The molecule has 0 N–H and O–H groups in total. The molecular weight excluding hydrogens is 195 g/mol. The van der Waals surface area contributed by atoms with Gasteiger partial charge in [-0.25, -0.2) is 9.97 Å². The summed E-state index contributed by atoms with van der Waals surface area (Å²) in [6.07, 6.45) is 5.02.